The standard InChI is InChI=1S/C20H16NO.BrH/c1-21-12-10-15(11-13-21)18-14-16-6-2-4-8-19(16)22-20-9-5-3-7-17(18)20;/h2-14H,1H3;1H/q+1;/p-1. The Morgan fingerprint density at radius 2 is 1.43 bits per heavy atom. The Hall–Kier alpha value is -2.39. The number of aryl methyl sites for hydroxylation is 1. The van der Waals surface area contributed by atoms with E-state index in [0.29, 0.717) is 0 Å². The molecule has 0 unspecified atom stereocenters. The zero-order valence-electron chi connectivity index (χ0n) is 12.7. The molecule has 114 valence electrons. The Labute approximate surface area is 146 Å². The molecular weight excluding hydrogens is 350 g/mol. The summed E-state index contributed by atoms with van der Waals surface area (Å²) in [5.74, 6) is 1.79. The smallest absolute Gasteiger partial charge is 0.169 e. The second kappa shape index (κ2) is 6.39. The number of aromatic nitrogens is 1. The highest BCUT2D eigenvalue weighted by Crippen LogP contribution is 2.40. The summed E-state index contributed by atoms with van der Waals surface area (Å²) in [6.07, 6.45) is 6.34. The van der Waals surface area contributed by atoms with E-state index in [1.54, 1.807) is 0 Å². The average Bonchev–Trinajstić information content (AvgIpc) is 2.72. The molecule has 0 N–H and O–H groups in total. The number of para-hydroxylation sites is 2. The first kappa shape index (κ1) is 15.5. The highest BCUT2D eigenvalue weighted by Gasteiger charge is 2.17. The Bertz CT molecular complexity index is 869. The number of hydrogen-bond donors (Lipinski definition) is 0. The van der Waals surface area contributed by atoms with E-state index in [-0.39, 0.29) is 17.0 Å². The Balaban J connectivity index is 0.00000156. The van der Waals surface area contributed by atoms with Crippen LogP contribution in [0.2, 0.25) is 0 Å². The van der Waals surface area contributed by atoms with Crippen LogP contribution in [-0.4, -0.2) is 0 Å². The maximum Gasteiger partial charge on any atom is 0.169 e. The minimum absolute atomic E-state index is 0. The normalized spacial score (nSPS) is 12.0. The van der Waals surface area contributed by atoms with E-state index in [1.807, 2.05) is 41.9 Å². The third-order valence-corrected chi connectivity index (χ3v) is 3.91. The van der Waals surface area contributed by atoms with Crippen molar-refractivity contribution in [3.05, 3.63) is 89.7 Å². The maximum atomic E-state index is 6.12. The molecule has 0 saturated carbocycles. The van der Waals surface area contributed by atoms with Crippen LogP contribution in [0.15, 0.2) is 73.1 Å². The molecule has 0 aliphatic carbocycles. The van der Waals surface area contributed by atoms with Crippen molar-refractivity contribution in [2.75, 3.05) is 0 Å². The first-order valence-electron chi connectivity index (χ1n) is 7.35. The van der Waals surface area contributed by atoms with Gasteiger partial charge in [0.05, 0.1) is 0 Å². The maximum absolute atomic E-state index is 6.12. The van der Waals surface area contributed by atoms with Gasteiger partial charge in [-0.2, -0.15) is 0 Å². The van der Waals surface area contributed by atoms with Crippen molar-refractivity contribution in [3.8, 4) is 11.5 Å². The number of pyridine rings is 1. The lowest BCUT2D eigenvalue weighted by Crippen LogP contribution is -3.00. The van der Waals surface area contributed by atoms with Gasteiger partial charge < -0.3 is 21.7 Å². The molecule has 2 nitrogen and oxygen atoms in total. The summed E-state index contributed by atoms with van der Waals surface area (Å²) in [6, 6.07) is 20.6. The molecule has 0 spiro atoms. The summed E-state index contributed by atoms with van der Waals surface area (Å²) in [5, 5.41) is 0. The van der Waals surface area contributed by atoms with Crippen LogP contribution < -0.4 is 26.3 Å². The third kappa shape index (κ3) is 2.92. The fourth-order valence-corrected chi connectivity index (χ4v) is 2.74. The molecule has 1 aliphatic heterocycles. The van der Waals surface area contributed by atoms with E-state index < -0.39 is 0 Å². The molecule has 0 radical (unpaired) electrons. The van der Waals surface area contributed by atoms with Crippen molar-refractivity contribution < 1.29 is 26.3 Å². The molecule has 0 bridgehead atoms. The minimum Gasteiger partial charge on any atom is -1.00 e. The fourth-order valence-electron chi connectivity index (χ4n) is 2.74. The first-order valence-corrected chi connectivity index (χ1v) is 7.35. The quantitative estimate of drug-likeness (QED) is 0.462. The van der Waals surface area contributed by atoms with E-state index in [4.69, 9.17) is 4.74 Å². The van der Waals surface area contributed by atoms with Crippen molar-refractivity contribution in [3.63, 3.8) is 0 Å². The summed E-state index contributed by atoms with van der Waals surface area (Å²) in [7, 11) is 2.03. The molecular formula is C20H16BrNO. The lowest BCUT2D eigenvalue weighted by atomic mass is 9.96. The van der Waals surface area contributed by atoms with E-state index in [2.05, 4.69) is 48.8 Å². The van der Waals surface area contributed by atoms with Crippen LogP contribution in [0.1, 0.15) is 16.7 Å². The molecule has 0 fully saturated rings. The number of ether oxygens (including phenoxy) is 1. The molecule has 0 amide bonds. The van der Waals surface area contributed by atoms with Crippen LogP contribution in [0.4, 0.5) is 0 Å². The van der Waals surface area contributed by atoms with Gasteiger partial charge in [-0.05, 0) is 29.3 Å². The number of benzene rings is 2. The van der Waals surface area contributed by atoms with Crippen LogP contribution in [0.5, 0.6) is 11.5 Å². The molecule has 0 atom stereocenters. The summed E-state index contributed by atoms with van der Waals surface area (Å²) >= 11 is 0. The molecule has 1 aromatic heterocycles. The van der Waals surface area contributed by atoms with E-state index in [9.17, 15) is 0 Å². The predicted octanol–water partition coefficient (Wildman–Crippen LogP) is 1.21. The van der Waals surface area contributed by atoms with Gasteiger partial charge in [0.1, 0.15) is 18.5 Å². The van der Waals surface area contributed by atoms with Crippen LogP contribution in [0, 0.1) is 0 Å². The number of fused-ring (bicyclic) bond motifs is 2. The fraction of sp³-hybridized carbons (Fsp3) is 0.0500. The topological polar surface area (TPSA) is 13.1 Å². The summed E-state index contributed by atoms with van der Waals surface area (Å²) in [4.78, 5) is 0. The number of hydrogen-bond acceptors (Lipinski definition) is 1. The van der Waals surface area contributed by atoms with Gasteiger partial charge in [0, 0.05) is 23.3 Å². The van der Waals surface area contributed by atoms with Gasteiger partial charge in [0.25, 0.3) is 0 Å². The van der Waals surface area contributed by atoms with Crippen molar-refractivity contribution in [1.82, 2.24) is 0 Å². The lowest BCUT2D eigenvalue weighted by Gasteiger charge is -2.10. The van der Waals surface area contributed by atoms with Gasteiger partial charge in [-0.25, -0.2) is 4.57 Å². The zero-order chi connectivity index (χ0) is 14.9. The van der Waals surface area contributed by atoms with E-state index in [0.717, 1.165) is 22.6 Å². The summed E-state index contributed by atoms with van der Waals surface area (Å²) < 4.78 is 8.16. The Morgan fingerprint density at radius 3 is 2.22 bits per heavy atom. The average molecular weight is 366 g/mol. The van der Waals surface area contributed by atoms with Gasteiger partial charge in [-0.3, -0.25) is 0 Å². The van der Waals surface area contributed by atoms with Crippen molar-refractivity contribution >= 4 is 11.6 Å². The van der Waals surface area contributed by atoms with Gasteiger partial charge >= 0.3 is 0 Å². The number of nitrogens with zero attached hydrogens (tertiary/aromatic N) is 1. The molecule has 2 heterocycles. The molecule has 23 heavy (non-hydrogen) atoms. The molecule has 2 aromatic carbocycles. The van der Waals surface area contributed by atoms with Crippen molar-refractivity contribution in [2.24, 2.45) is 7.05 Å². The molecule has 0 saturated heterocycles. The Kier molecular flexibility index (Phi) is 4.30. The van der Waals surface area contributed by atoms with Crippen molar-refractivity contribution in [2.45, 2.75) is 0 Å². The highest BCUT2D eigenvalue weighted by molar-refractivity contribution is 5.95. The molecule has 3 heteroatoms. The number of rotatable bonds is 1. The van der Waals surface area contributed by atoms with Gasteiger partial charge in [-0.15, -0.1) is 0 Å². The van der Waals surface area contributed by atoms with Crippen LogP contribution in [0.25, 0.3) is 11.6 Å². The predicted molar refractivity (Wildman–Crippen MR) is 87.5 cm³/mol. The van der Waals surface area contributed by atoms with Gasteiger partial charge in [-0.1, -0.05) is 36.4 Å². The van der Waals surface area contributed by atoms with Crippen LogP contribution in [-0.2, 0) is 7.05 Å². The zero-order valence-corrected chi connectivity index (χ0v) is 14.3. The van der Waals surface area contributed by atoms with Gasteiger partial charge in [0.15, 0.2) is 12.4 Å². The minimum atomic E-state index is 0. The second-order valence-corrected chi connectivity index (χ2v) is 5.45. The van der Waals surface area contributed by atoms with E-state index >= 15 is 0 Å². The second-order valence-electron chi connectivity index (χ2n) is 5.45. The van der Waals surface area contributed by atoms with E-state index in [1.165, 1.54) is 11.1 Å². The SMILES string of the molecule is C[n+]1ccc(C2=Cc3ccccc3Oc3ccccc32)cc1.[Br-]. The number of halogens is 1. The third-order valence-electron chi connectivity index (χ3n) is 3.91. The first-order chi connectivity index (χ1) is 10.8. The summed E-state index contributed by atoms with van der Waals surface area (Å²) in [6.45, 7) is 0. The lowest BCUT2D eigenvalue weighted by molar-refractivity contribution is -0.671. The van der Waals surface area contributed by atoms with Crippen LogP contribution >= 0.6 is 0 Å². The van der Waals surface area contributed by atoms with Gasteiger partial charge in [0.2, 0.25) is 0 Å². The molecule has 4 rings (SSSR count). The summed E-state index contributed by atoms with van der Waals surface area (Å²) in [5.41, 5.74) is 4.58. The highest BCUT2D eigenvalue weighted by atomic mass is 79.9. The van der Waals surface area contributed by atoms with Crippen molar-refractivity contribution in [1.29, 1.82) is 0 Å². The van der Waals surface area contributed by atoms with Crippen LogP contribution in [0.3, 0.4) is 0 Å². The largest absolute Gasteiger partial charge is 1.00 e. The monoisotopic (exact) mass is 365 g/mol. The Morgan fingerprint density at radius 1 is 0.783 bits per heavy atom. The molecule has 3 aromatic rings. The molecule has 1 aliphatic rings.